The van der Waals surface area contributed by atoms with Crippen molar-refractivity contribution in [2.45, 2.75) is 40.2 Å². The number of hydrogen-bond acceptors (Lipinski definition) is 6. The Morgan fingerprint density at radius 3 is 2.43 bits per heavy atom. The molecular weight excluding hydrogens is 380 g/mol. The monoisotopic (exact) mass is 416 g/mol. The lowest BCUT2D eigenvalue weighted by Gasteiger charge is -2.35. The molecule has 0 unspecified atom stereocenters. The number of hydrogen-bond donors (Lipinski definition) is 0. The molecule has 166 valence electrons. The second kappa shape index (κ2) is 8.98. The number of carbonyl (C=O) groups excluding carboxylic acids is 1. The van der Waals surface area contributed by atoms with Gasteiger partial charge in [0.25, 0.3) is 0 Å². The van der Waals surface area contributed by atoms with Crippen LogP contribution in [0, 0.1) is 5.41 Å². The molecule has 0 aliphatic carbocycles. The first-order valence-corrected chi connectivity index (χ1v) is 10.7. The van der Waals surface area contributed by atoms with Crippen molar-refractivity contribution in [3.8, 4) is 11.5 Å². The van der Waals surface area contributed by atoms with Crippen molar-refractivity contribution in [1.29, 1.82) is 0 Å². The number of methoxy groups -OCH3 is 1. The summed E-state index contributed by atoms with van der Waals surface area (Å²) in [6.07, 6.45) is 2.34. The lowest BCUT2D eigenvalue weighted by Crippen LogP contribution is -2.48. The van der Waals surface area contributed by atoms with Crippen molar-refractivity contribution >= 4 is 11.5 Å². The van der Waals surface area contributed by atoms with E-state index in [1.807, 2.05) is 32.9 Å². The molecule has 0 N–H and O–H groups in total. The minimum atomic E-state index is -0.436. The lowest BCUT2D eigenvalue weighted by molar-refractivity contribution is -0.156. The number of ether oxygens (including phenoxy) is 3. The third-order valence-electron chi connectivity index (χ3n) is 5.33. The first-order valence-electron chi connectivity index (χ1n) is 10.7. The number of esters is 1. The van der Waals surface area contributed by atoms with Gasteiger partial charge in [0, 0.05) is 43.7 Å². The number of benzene rings is 1. The van der Waals surface area contributed by atoms with Crippen LogP contribution < -0.4 is 9.47 Å². The summed E-state index contributed by atoms with van der Waals surface area (Å²) in [5.41, 5.74) is 1.90. The molecule has 3 rings (SSSR count). The Labute approximate surface area is 180 Å². The quantitative estimate of drug-likeness (QED) is 0.686. The average Bonchev–Trinajstić information content (AvgIpc) is 2.77. The van der Waals surface area contributed by atoms with Crippen LogP contribution in [0.4, 0.5) is 0 Å². The van der Waals surface area contributed by atoms with E-state index in [1.54, 1.807) is 7.11 Å². The molecule has 6 nitrogen and oxygen atoms in total. The second-order valence-electron chi connectivity index (χ2n) is 9.95. The molecule has 2 heterocycles. The van der Waals surface area contributed by atoms with Crippen LogP contribution in [0.15, 0.2) is 24.3 Å². The normalized spacial score (nSPS) is 19.9. The number of nitrogens with zero attached hydrogens (tertiary/aromatic N) is 2. The molecule has 30 heavy (non-hydrogen) atoms. The summed E-state index contributed by atoms with van der Waals surface area (Å²) in [7, 11) is 1.69. The van der Waals surface area contributed by atoms with Crippen LogP contribution in [0.5, 0.6) is 11.5 Å². The van der Waals surface area contributed by atoms with Crippen molar-refractivity contribution in [3.63, 3.8) is 0 Å². The topological polar surface area (TPSA) is 51.2 Å². The van der Waals surface area contributed by atoms with Crippen LogP contribution in [0.25, 0.3) is 5.57 Å². The predicted octanol–water partition coefficient (Wildman–Crippen LogP) is 3.46. The molecule has 0 aromatic heterocycles. The van der Waals surface area contributed by atoms with E-state index in [2.05, 4.69) is 35.8 Å². The molecule has 2 aliphatic heterocycles. The fourth-order valence-corrected chi connectivity index (χ4v) is 3.90. The third-order valence-corrected chi connectivity index (χ3v) is 5.33. The Kier molecular flexibility index (Phi) is 6.78. The zero-order valence-electron chi connectivity index (χ0n) is 19.3. The molecule has 0 spiro atoms. The van der Waals surface area contributed by atoms with E-state index in [0.717, 1.165) is 49.8 Å². The van der Waals surface area contributed by atoms with E-state index in [4.69, 9.17) is 14.2 Å². The summed E-state index contributed by atoms with van der Waals surface area (Å²) in [6, 6.07) is 6.02. The smallest absolute Gasteiger partial charge is 0.320 e. The first-order chi connectivity index (χ1) is 14.0. The van der Waals surface area contributed by atoms with Crippen LogP contribution >= 0.6 is 0 Å². The van der Waals surface area contributed by atoms with E-state index < -0.39 is 5.60 Å². The molecule has 6 heteroatoms. The Balaban J connectivity index is 1.65. The van der Waals surface area contributed by atoms with Gasteiger partial charge in [0.05, 0.1) is 20.3 Å². The molecule has 1 aromatic carbocycles. The minimum Gasteiger partial charge on any atom is -0.497 e. The van der Waals surface area contributed by atoms with Crippen molar-refractivity contribution in [2.24, 2.45) is 5.41 Å². The van der Waals surface area contributed by atoms with E-state index in [0.29, 0.717) is 13.2 Å². The highest BCUT2D eigenvalue weighted by molar-refractivity contribution is 5.74. The molecule has 0 bridgehead atoms. The third kappa shape index (κ3) is 6.22. The van der Waals surface area contributed by atoms with Crippen molar-refractivity contribution in [1.82, 2.24) is 9.80 Å². The number of piperazine rings is 1. The Bertz CT molecular complexity index is 787. The summed E-state index contributed by atoms with van der Waals surface area (Å²) >= 11 is 0. The molecule has 1 saturated heterocycles. The van der Waals surface area contributed by atoms with Crippen molar-refractivity contribution in [2.75, 3.05) is 53.0 Å². The highest BCUT2D eigenvalue weighted by atomic mass is 16.6. The maximum Gasteiger partial charge on any atom is 0.320 e. The van der Waals surface area contributed by atoms with Crippen LogP contribution in [-0.2, 0) is 9.53 Å². The average molecular weight is 417 g/mol. The van der Waals surface area contributed by atoms with Crippen LogP contribution in [-0.4, -0.2) is 74.4 Å². The largest absolute Gasteiger partial charge is 0.497 e. The molecule has 2 aliphatic rings. The van der Waals surface area contributed by atoms with Gasteiger partial charge in [-0.05, 0) is 44.5 Å². The van der Waals surface area contributed by atoms with Crippen LogP contribution in [0.2, 0.25) is 0 Å². The van der Waals surface area contributed by atoms with Crippen molar-refractivity contribution in [3.05, 3.63) is 29.8 Å². The Hall–Kier alpha value is -2.05. The summed E-state index contributed by atoms with van der Waals surface area (Å²) in [5, 5.41) is 0. The molecule has 0 saturated carbocycles. The fraction of sp³-hybridized carbons (Fsp3) is 0.625. The fourth-order valence-electron chi connectivity index (χ4n) is 3.90. The predicted molar refractivity (Wildman–Crippen MR) is 119 cm³/mol. The molecule has 1 aromatic rings. The standard InChI is InChI=1S/C24H36N2O4/c1-23(2,3)30-22(27)16-26-11-9-25(10-12-26)15-18-14-24(4,5)17-29-21-8-7-19(28-6)13-20(18)21/h7-8,13-14H,9-12,15-17H2,1-6H3. The van der Waals surface area contributed by atoms with E-state index in [-0.39, 0.29) is 11.4 Å². The summed E-state index contributed by atoms with van der Waals surface area (Å²) in [5.74, 6) is 1.60. The van der Waals surface area contributed by atoms with Gasteiger partial charge in [-0.1, -0.05) is 19.9 Å². The Morgan fingerprint density at radius 2 is 1.80 bits per heavy atom. The van der Waals surface area contributed by atoms with Gasteiger partial charge in [-0.25, -0.2) is 0 Å². The van der Waals surface area contributed by atoms with E-state index in [1.165, 1.54) is 5.57 Å². The Morgan fingerprint density at radius 1 is 1.13 bits per heavy atom. The summed E-state index contributed by atoms with van der Waals surface area (Å²) in [6.45, 7) is 15.5. The van der Waals surface area contributed by atoms with Gasteiger partial charge in [0.15, 0.2) is 0 Å². The highest BCUT2D eigenvalue weighted by Crippen LogP contribution is 2.37. The SMILES string of the molecule is COc1ccc2c(c1)C(CN1CCN(CC(=O)OC(C)(C)C)CC1)=CC(C)(C)CO2. The van der Waals surface area contributed by atoms with E-state index in [9.17, 15) is 4.79 Å². The molecule has 0 amide bonds. The summed E-state index contributed by atoms with van der Waals surface area (Å²) < 4.78 is 17.0. The molecule has 1 fully saturated rings. The van der Waals surface area contributed by atoms with E-state index >= 15 is 0 Å². The van der Waals surface area contributed by atoms with Gasteiger partial charge in [0.1, 0.15) is 17.1 Å². The first kappa shape index (κ1) is 22.6. The molecule has 0 radical (unpaired) electrons. The van der Waals surface area contributed by atoms with Gasteiger partial charge in [-0.3, -0.25) is 14.6 Å². The maximum absolute atomic E-state index is 12.1. The lowest BCUT2D eigenvalue weighted by atomic mass is 9.90. The zero-order valence-corrected chi connectivity index (χ0v) is 19.3. The highest BCUT2D eigenvalue weighted by Gasteiger charge is 2.27. The van der Waals surface area contributed by atoms with Gasteiger partial charge in [-0.2, -0.15) is 0 Å². The van der Waals surface area contributed by atoms with Gasteiger partial charge in [-0.15, -0.1) is 0 Å². The van der Waals surface area contributed by atoms with Crippen LogP contribution in [0.1, 0.15) is 40.2 Å². The molecular formula is C24H36N2O4. The van der Waals surface area contributed by atoms with Crippen LogP contribution in [0.3, 0.4) is 0 Å². The number of carbonyl (C=O) groups is 1. The number of rotatable bonds is 5. The van der Waals surface area contributed by atoms with Gasteiger partial charge >= 0.3 is 5.97 Å². The second-order valence-corrected chi connectivity index (χ2v) is 9.95. The molecule has 0 atom stereocenters. The van der Waals surface area contributed by atoms with Gasteiger partial charge in [0.2, 0.25) is 0 Å². The minimum absolute atomic E-state index is 0.0415. The maximum atomic E-state index is 12.1. The van der Waals surface area contributed by atoms with Gasteiger partial charge < -0.3 is 14.2 Å². The van der Waals surface area contributed by atoms with Crippen molar-refractivity contribution < 1.29 is 19.0 Å². The summed E-state index contributed by atoms with van der Waals surface area (Å²) in [4.78, 5) is 16.7. The zero-order chi connectivity index (χ0) is 21.9. The number of fused-ring (bicyclic) bond motifs is 1.